The fourth-order valence-electron chi connectivity index (χ4n) is 3.10. The van der Waals surface area contributed by atoms with Crippen LogP contribution < -0.4 is 5.06 Å². The van der Waals surface area contributed by atoms with Crippen LogP contribution in [0.5, 0.6) is 0 Å². The molecule has 2 aliphatic heterocycles. The summed E-state index contributed by atoms with van der Waals surface area (Å²) in [7, 11) is 1.52. The molecule has 0 unspecified atom stereocenters. The Labute approximate surface area is 131 Å². The highest BCUT2D eigenvalue weighted by Crippen LogP contribution is 2.47. The second-order valence-corrected chi connectivity index (χ2v) is 6.39. The fraction of sp³-hybridized carbons (Fsp3) is 0.250. The summed E-state index contributed by atoms with van der Waals surface area (Å²) in [6.07, 6.45) is -0.732. The van der Waals surface area contributed by atoms with Gasteiger partial charge in [0, 0.05) is 11.9 Å². The number of rotatable bonds is 2. The van der Waals surface area contributed by atoms with Crippen LogP contribution in [0.15, 0.2) is 47.8 Å². The number of fused-ring (bicyclic) bond motifs is 1. The van der Waals surface area contributed by atoms with E-state index in [9.17, 15) is 9.59 Å². The van der Waals surface area contributed by atoms with Gasteiger partial charge in [0.2, 0.25) is 5.91 Å². The van der Waals surface area contributed by atoms with E-state index < -0.39 is 12.0 Å². The van der Waals surface area contributed by atoms with Gasteiger partial charge < -0.3 is 0 Å². The third kappa shape index (κ3) is 1.81. The summed E-state index contributed by atoms with van der Waals surface area (Å²) in [6, 6.07) is 13.2. The van der Waals surface area contributed by atoms with Crippen molar-refractivity contribution in [1.82, 2.24) is 4.90 Å². The molecule has 0 aliphatic carbocycles. The number of likely N-dealkylation sites (N-methyl/N-ethyl adjacent to an activating group) is 1. The van der Waals surface area contributed by atoms with E-state index in [1.165, 1.54) is 11.9 Å². The maximum atomic E-state index is 12.5. The van der Waals surface area contributed by atoms with E-state index in [1.807, 2.05) is 47.8 Å². The average molecular weight is 314 g/mol. The molecule has 1 aromatic heterocycles. The molecule has 2 fully saturated rings. The molecule has 112 valence electrons. The summed E-state index contributed by atoms with van der Waals surface area (Å²) >= 11 is 1.57. The van der Waals surface area contributed by atoms with Gasteiger partial charge in [-0.1, -0.05) is 24.3 Å². The maximum Gasteiger partial charge on any atom is 0.261 e. The summed E-state index contributed by atoms with van der Waals surface area (Å²) in [4.78, 5) is 32.8. The predicted molar refractivity (Wildman–Crippen MR) is 82.1 cm³/mol. The lowest BCUT2D eigenvalue weighted by atomic mass is 9.95. The van der Waals surface area contributed by atoms with Crippen LogP contribution in [0.4, 0.5) is 5.69 Å². The molecule has 0 saturated carbocycles. The predicted octanol–water partition coefficient (Wildman–Crippen LogP) is 2.22. The Morgan fingerprint density at radius 2 is 1.82 bits per heavy atom. The van der Waals surface area contributed by atoms with Gasteiger partial charge in [-0.25, -0.2) is 5.06 Å². The number of para-hydroxylation sites is 1. The summed E-state index contributed by atoms with van der Waals surface area (Å²) in [6.45, 7) is 0. The molecule has 22 heavy (non-hydrogen) atoms. The largest absolute Gasteiger partial charge is 0.283 e. The average Bonchev–Trinajstić information content (AvgIpc) is 3.23. The third-order valence-electron chi connectivity index (χ3n) is 4.18. The zero-order chi connectivity index (χ0) is 15.3. The van der Waals surface area contributed by atoms with Crippen molar-refractivity contribution in [2.45, 2.75) is 12.1 Å². The Kier molecular flexibility index (Phi) is 3.02. The number of carbonyl (C=O) groups is 2. The molecule has 5 nitrogen and oxygen atoms in total. The molecular weight excluding hydrogens is 300 g/mol. The third-order valence-corrected chi connectivity index (χ3v) is 5.12. The Morgan fingerprint density at radius 3 is 2.50 bits per heavy atom. The standard InChI is InChI=1S/C16H14N2O3S/c1-17-15(19)12-13(11-8-5-9-22-11)18(21-14(12)16(17)20)10-6-3-2-4-7-10/h2-9,12-14H,1H3/t12-,13+,14-/m1/s1. The molecule has 3 atom stereocenters. The van der Waals surface area contributed by atoms with Crippen LogP contribution in [0, 0.1) is 5.92 Å². The van der Waals surface area contributed by atoms with Crippen molar-refractivity contribution in [3.63, 3.8) is 0 Å². The molecule has 0 bridgehead atoms. The second-order valence-electron chi connectivity index (χ2n) is 5.41. The molecule has 3 heterocycles. The number of imide groups is 1. The number of hydrogen-bond donors (Lipinski definition) is 0. The van der Waals surface area contributed by atoms with Crippen molar-refractivity contribution >= 4 is 28.8 Å². The monoisotopic (exact) mass is 314 g/mol. The minimum Gasteiger partial charge on any atom is -0.283 e. The lowest BCUT2D eigenvalue weighted by Crippen LogP contribution is -2.34. The van der Waals surface area contributed by atoms with Crippen LogP contribution in [0.3, 0.4) is 0 Å². The Balaban J connectivity index is 1.80. The minimum absolute atomic E-state index is 0.174. The van der Waals surface area contributed by atoms with E-state index >= 15 is 0 Å². The number of carbonyl (C=O) groups excluding carboxylic acids is 2. The lowest BCUT2D eigenvalue weighted by Gasteiger charge is -2.26. The van der Waals surface area contributed by atoms with E-state index in [0.29, 0.717) is 0 Å². The summed E-state index contributed by atoms with van der Waals surface area (Å²) in [5.74, 6) is -0.932. The molecule has 2 amide bonds. The second kappa shape index (κ2) is 4.93. The molecule has 6 heteroatoms. The van der Waals surface area contributed by atoms with Gasteiger partial charge in [-0.15, -0.1) is 11.3 Å². The molecule has 2 aliphatic rings. The molecule has 1 aromatic carbocycles. The number of benzene rings is 1. The van der Waals surface area contributed by atoms with Gasteiger partial charge in [-0.2, -0.15) is 0 Å². The van der Waals surface area contributed by atoms with E-state index in [4.69, 9.17) is 4.84 Å². The minimum atomic E-state index is -0.732. The number of hydroxylamine groups is 1. The van der Waals surface area contributed by atoms with Crippen molar-refractivity contribution in [2.24, 2.45) is 5.92 Å². The van der Waals surface area contributed by atoms with Crippen molar-refractivity contribution in [2.75, 3.05) is 12.1 Å². The topological polar surface area (TPSA) is 49.9 Å². The molecule has 0 N–H and O–H groups in total. The number of anilines is 1. The van der Waals surface area contributed by atoms with Gasteiger partial charge in [0.05, 0.1) is 5.69 Å². The normalized spacial score (nSPS) is 27.6. The SMILES string of the molecule is CN1C(=O)[C@H]2[C@@H](ON(c3ccccc3)[C@H]2c2cccs2)C1=O. The summed E-state index contributed by atoms with van der Waals surface area (Å²) < 4.78 is 0. The van der Waals surface area contributed by atoms with Crippen molar-refractivity contribution < 1.29 is 14.4 Å². The summed E-state index contributed by atoms with van der Waals surface area (Å²) in [5, 5.41) is 3.68. The van der Waals surface area contributed by atoms with Crippen LogP contribution in [-0.2, 0) is 14.4 Å². The van der Waals surface area contributed by atoms with Gasteiger partial charge in [0.15, 0.2) is 6.10 Å². The highest BCUT2D eigenvalue weighted by Gasteiger charge is 2.59. The molecule has 0 radical (unpaired) electrons. The van der Waals surface area contributed by atoms with Crippen molar-refractivity contribution in [3.05, 3.63) is 52.7 Å². The molecule has 2 saturated heterocycles. The Hall–Kier alpha value is -2.18. The first-order chi connectivity index (χ1) is 10.7. The Bertz CT molecular complexity index is 716. The molecule has 0 spiro atoms. The van der Waals surface area contributed by atoms with Crippen LogP contribution >= 0.6 is 11.3 Å². The van der Waals surface area contributed by atoms with E-state index in [1.54, 1.807) is 16.4 Å². The summed E-state index contributed by atoms with van der Waals surface area (Å²) in [5.41, 5.74) is 0.846. The van der Waals surface area contributed by atoms with Crippen molar-refractivity contribution in [3.8, 4) is 0 Å². The van der Waals surface area contributed by atoms with E-state index in [2.05, 4.69) is 0 Å². The smallest absolute Gasteiger partial charge is 0.261 e. The molecule has 4 rings (SSSR count). The first-order valence-electron chi connectivity index (χ1n) is 7.04. The van der Waals surface area contributed by atoms with Gasteiger partial charge in [-0.05, 0) is 23.6 Å². The van der Waals surface area contributed by atoms with Crippen LogP contribution in [0.2, 0.25) is 0 Å². The maximum absolute atomic E-state index is 12.5. The van der Waals surface area contributed by atoms with Crippen LogP contribution in [0.25, 0.3) is 0 Å². The number of thiophene rings is 1. The first-order valence-corrected chi connectivity index (χ1v) is 7.92. The molecule has 2 aromatic rings. The van der Waals surface area contributed by atoms with Gasteiger partial charge in [-0.3, -0.25) is 19.3 Å². The quantitative estimate of drug-likeness (QED) is 0.798. The van der Waals surface area contributed by atoms with Gasteiger partial charge in [0.1, 0.15) is 12.0 Å². The first kappa shape index (κ1) is 13.5. The number of likely N-dealkylation sites (tertiary alicyclic amines) is 1. The Morgan fingerprint density at radius 1 is 1.05 bits per heavy atom. The zero-order valence-electron chi connectivity index (χ0n) is 11.9. The van der Waals surface area contributed by atoms with E-state index in [0.717, 1.165) is 10.6 Å². The zero-order valence-corrected chi connectivity index (χ0v) is 12.7. The molecular formula is C16H14N2O3S. The van der Waals surface area contributed by atoms with Crippen LogP contribution in [0.1, 0.15) is 10.9 Å². The fourth-order valence-corrected chi connectivity index (χ4v) is 3.95. The highest BCUT2D eigenvalue weighted by atomic mass is 32.1. The van der Waals surface area contributed by atoms with Crippen LogP contribution in [-0.4, -0.2) is 29.9 Å². The lowest BCUT2D eigenvalue weighted by molar-refractivity contribution is -0.141. The van der Waals surface area contributed by atoms with Crippen molar-refractivity contribution in [1.29, 1.82) is 0 Å². The number of hydrogen-bond acceptors (Lipinski definition) is 5. The number of nitrogens with zero attached hydrogens (tertiary/aromatic N) is 2. The number of amides is 2. The van der Waals surface area contributed by atoms with E-state index in [-0.39, 0.29) is 17.9 Å². The highest BCUT2D eigenvalue weighted by molar-refractivity contribution is 7.10. The van der Waals surface area contributed by atoms with Gasteiger partial charge in [0.25, 0.3) is 5.91 Å². The van der Waals surface area contributed by atoms with Gasteiger partial charge >= 0.3 is 0 Å².